The van der Waals surface area contributed by atoms with E-state index in [4.69, 9.17) is 9.84 Å². The summed E-state index contributed by atoms with van der Waals surface area (Å²) in [4.78, 5) is 0. The van der Waals surface area contributed by atoms with Gasteiger partial charge < -0.3 is 14.4 Å². The molecule has 1 rings (SSSR count). The summed E-state index contributed by atoms with van der Waals surface area (Å²) >= 11 is -2.51. The first-order valence-electron chi connectivity index (χ1n) is 3.55. The number of hydrogen-bond donors (Lipinski definition) is 1. The van der Waals surface area contributed by atoms with Crippen LogP contribution < -0.4 is 34.3 Å². The van der Waals surface area contributed by atoms with Crippen molar-refractivity contribution in [2.24, 2.45) is 0 Å². The fourth-order valence-electron chi connectivity index (χ4n) is 0.880. The average Bonchev–Trinajstić information content (AvgIpc) is 2.17. The molecule has 2 atom stereocenters. The molecule has 0 saturated carbocycles. The van der Waals surface area contributed by atoms with Gasteiger partial charge in [-0.15, -0.1) is 0 Å². The van der Waals surface area contributed by atoms with Gasteiger partial charge in [-0.3, -0.25) is 4.21 Å². The van der Waals surface area contributed by atoms with Crippen molar-refractivity contribution in [3.63, 3.8) is 0 Å². The zero-order chi connectivity index (χ0) is 9.84. The van der Waals surface area contributed by atoms with Gasteiger partial charge in [-0.2, -0.15) is 0 Å². The molecule has 2 unspecified atom stereocenters. The van der Waals surface area contributed by atoms with Gasteiger partial charge in [0.25, 0.3) is 0 Å². The molecular formula is C8H9NaO4S. The molecule has 1 aromatic carbocycles. The van der Waals surface area contributed by atoms with Crippen LogP contribution in [0.2, 0.25) is 0 Å². The van der Waals surface area contributed by atoms with Gasteiger partial charge in [-0.25, -0.2) is 0 Å². The smallest absolute Gasteiger partial charge is 0.770 e. The molecule has 0 heterocycles. The molecule has 6 heteroatoms. The first kappa shape index (κ1) is 14.1. The maximum absolute atomic E-state index is 10.4. The zero-order valence-electron chi connectivity index (χ0n) is 7.97. The number of methoxy groups -OCH3 is 1. The Kier molecular flexibility index (Phi) is 6.59. The van der Waals surface area contributed by atoms with Crippen LogP contribution >= 0.6 is 0 Å². The van der Waals surface area contributed by atoms with E-state index in [0.29, 0.717) is 11.3 Å². The number of rotatable bonds is 3. The van der Waals surface area contributed by atoms with Crippen LogP contribution in [0.1, 0.15) is 11.0 Å². The summed E-state index contributed by atoms with van der Waals surface area (Å²) in [5, 5.41) is 9.11. The molecule has 0 aromatic heterocycles. The van der Waals surface area contributed by atoms with Crippen molar-refractivity contribution in [3.05, 3.63) is 29.8 Å². The zero-order valence-corrected chi connectivity index (χ0v) is 10.8. The van der Waals surface area contributed by atoms with Gasteiger partial charge in [0, 0.05) is 0 Å². The summed E-state index contributed by atoms with van der Waals surface area (Å²) < 4.78 is 25.6. The third-order valence-electron chi connectivity index (χ3n) is 1.58. The molecule has 1 aromatic rings. The van der Waals surface area contributed by atoms with E-state index in [1.165, 1.54) is 19.2 Å². The van der Waals surface area contributed by atoms with Gasteiger partial charge in [0.15, 0.2) is 0 Å². The first-order valence-corrected chi connectivity index (χ1v) is 4.69. The maximum atomic E-state index is 10.4. The van der Waals surface area contributed by atoms with E-state index < -0.39 is 16.5 Å². The van der Waals surface area contributed by atoms with Crippen molar-refractivity contribution < 1.29 is 48.2 Å². The van der Waals surface area contributed by atoms with Crippen molar-refractivity contribution in [2.45, 2.75) is 5.44 Å². The molecule has 14 heavy (non-hydrogen) atoms. The topological polar surface area (TPSA) is 69.6 Å². The molecule has 0 spiro atoms. The van der Waals surface area contributed by atoms with Crippen LogP contribution in [0.4, 0.5) is 0 Å². The Balaban J connectivity index is 0.00000169. The molecule has 0 bridgehead atoms. The predicted octanol–water partition coefficient (Wildman–Crippen LogP) is -2.43. The normalized spacial score (nSPS) is 13.9. The van der Waals surface area contributed by atoms with E-state index in [-0.39, 0.29) is 29.6 Å². The van der Waals surface area contributed by atoms with Crippen molar-refractivity contribution in [1.29, 1.82) is 0 Å². The van der Waals surface area contributed by atoms with E-state index >= 15 is 0 Å². The quantitative estimate of drug-likeness (QED) is 0.458. The Morgan fingerprint density at radius 3 is 2.29 bits per heavy atom. The van der Waals surface area contributed by atoms with Gasteiger partial charge >= 0.3 is 29.6 Å². The van der Waals surface area contributed by atoms with E-state index in [1.54, 1.807) is 12.1 Å². The maximum Gasteiger partial charge on any atom is 1.00 e. The standard InChI is InChI=1S/C8H10O4S.Na/c1-12-7-4-2-6(3-5-7)8(9)13(10)11;/h2-5,8-9H,1H3,(H,10,11);/q;+1/p-1. The Labute approximate surface area is 107 Å². The molecule has 4 nitrogen and oxygen atoms in total. The van der Waals surface area contributed by atoms with E-state index in [0.717, 1.165) is 0 Å². The van der Waals surface area contributed by atoms with Crippen molar-refractivity contribution in [1.82, 2.24) is 0 Å². The molecule has 0 aliphatic carbocycles. The summed E-state index contributed by atoms with van der Waals surface area (Å²) in [6.07, 6.45) is 0. The summed E-state index contributed by atoms with van der Waals surface area (Å²) in [5.74, 6) is 0.618. The van der Waals surface area contributed by atoms with E-state index in [2.05, 4.69) is 0 Å². The minimum absolute atomic E-state index is 0. The Hall–Kier alpha value is 0.0900. The van der Waals surface area contributed by atoms with E-state index in [1.807, 2.05) is 0 Å². The fraction of sp³-hybridized carbons (Fsp3) is 0.250. The molecule has 1 N–H and O–H groups in total. The van der Waals surface area contributed by atoms with Crippen LogP contribution in [0.15, 0.2) is 24.3 Å². The van der Waals surface area contributed by atoms with Gasteiger partial charge in [0.2, 0.25) is 0 Å². The van der Waals surface area contributed by atoms with Gasteiger partial charge in [-0.1, -0.05) is 12.1 Å². The number of ether oxygens (including phenoxy) is 1. The molecule has 0 radical (unpaired) electrons. The second kappa shape index (κ2) is 6.55. The summed E-state index contributed by atoms with van der Waals surface area (Å²) in [7, 11) is 1.51. The molecule has 0 aliphatic heterocycles. The second-order valence-corrected chi connectivity index (χ2v) is 3.35. The number of aliphatic hydroxyl groups is 1. The first-order chi connectivity index (χ1) is 6.15. The molecule has 0 saturated heterocycles. The molecule has 0 aliphatic rings. The average molecular weight is 224 g/mol. The Morgan fingerprint density at radius 2 is 1.93 bits per heavy atom. The van der Waals surface area contributed by atoms with Gasteiger partial charge in [0.1, 0.15) is 11.2 Å². The largest absolute Gasteiger partial charge is 1.00 e. The monoisotopic (exact) mass is 224 g/mol. The van der Waals surface area contributed by atoms with Crippen LogP contribution in [-0.4, -0.2) is 21.0 Å². The summed E-state index contributed by atoms with van der Waals surface area (Å²) in [5.41, 5.74) is -1.14. The van der Waals surface area contributed by atoms with Crippen LogP contribution in [0, 0.1) is 0 Å². The van der Waals surface area contributed by atoms with Crippen LogP contribution in [0.3, 0.4) is 0 Å². The number of hydrogen-bond acceptors (Lipinski definition) is 4. The minimum Gasteiger partial charge on any atom is -0.770 e. The van der Waals surface area contributed by atoms with Crippen molar-refractivity contribution >= 4 is 11.1 Å². The van der Waals surface area contributed by atoms with Gasteiger partial charge in [0.05, 0.1) is 7.11 Å². The third-order valence-corrected chi connectivity index (χ3v) is 2.22. The van der Waals surface area contributed by atoms with Crippen LogP contribution in [0.5, 0.6) is 5.75 Å². The van der Waals surface area contributed by atoms with Crippen LogP contribution in [0.25, 0.3) is 0 Å². The predicted molar refractivity (Wildman–Crippen MR) is 46.9 cm³/mol. The Bertz CT molecular complexity index is 301. The molecule has 0 amide bonds. The van der Waals surface area contributed by atoms with Crippen molar-refractivity contribution in [2.75, 3.05) is 7.11 Å². The fourth-order valence-corrected chi connectivity index (χ4v) is 1.26. The molecule has 0 fully saturated rings. The third kappa shape index (κ3) is 3.68. The SMILES string of the molecule is COc1ccc(C(O)S(=O)[O-])cc1.[Na+]. The summed E-state index contributed by atoms with van der Waals surface area (Å²) in [6.45, 7) is 0. The van der Waals surface area contributed by atoms with Gasteiger partial charge in [-0.05, 0) is 28.8 Å². The van der Waals surface area contributed by atoms with Crippen molar-refractivity contribution in [3.8, 4) is 5.75 Å². The number of aliphatic hydroxyl groups excluding tert-OH is 1. The minimum atomic E-state index is -2.51. The molecule has 72 valence electrons. The summed E-state index contributed by atoms with van der Waals surface area (Å²) in [6, 6.07) is 6.18. The van der Waals surface area contributed by atoms with E-state index in [9.17, 15) is 8.76 Å². The second-order valence-electron chi connectivity index (χ2n) is 2.39. The Morgan fingerprint density at radius 1 is 1.43 bits per heavy atom. The molecular weight excluding hydrogens is 215 g/mol. The number of benzene rings is 1. The van der Waals surface area contributed by atoms with Crippen LogP contribution in [-0.2, 0) is 11.1 Å².